The van der Waals surface area contributed by atoms with E-state index in [9.17, 15) is 9.59 Å². The van der Waals surface area contributed by atoms with Crippen LogP contribution in [-0.2, 0) is 24.3 Å². The number of nitrogens with one attached hydrogen (secondary N) is 1. The van der Waals surface area contributed by atoms with Gasteiger partial charge in [0.05, 0.1) is 0 Å². The molecule has 8 nitrogen and oxygen atoms in total. The monoisotopic (exact) mass is 426 g/mol. The molecule has 1 amide bonds. The predicted molar refractivity (Wildman–Crippen MR) is 121 cm³/mol. The van der Waals surface area contributed by atoms with E-state index in [1.165, 1.54) is 10.4 Å². The van der Waals surface area contributed by atoms with Gasteiger partial charge in [0, 0.05) is 51.4 Å². The number of piperazine rings is 1. The van der Waals surface area contributed by atoms with Gasteiger partial charge in [-0.2, -0.15) is 5.10 Å². The zero-order valence-corrected chi connectivity index (χ0v) is 18.3. The number of carbonyl (C=O) groups is 1. The quantitative estimate of drug-likeness (QED) is 0.648. The highest BCUT2D eigenvalue weighted by molar-refractivity contribution is 5.75. The van der Waals surface area contributed by atoms with Crippen LogP contribution in [0.25, 0.3) is 0 Å². The first kappa shape index (κ1) is 21.6. The summed E-state index contributed by atoms with van der Waals surface area (Å²) in [7, 11) is 0. The van der Waals surface area contributed by atoms with Crippen LogP contribution < -0.4 is 15.9 Å². The van der Waals surface area contributed by atoms with Crippen molar-refractivity contribution in [3.63, 3.8) is 0 Å². The molecule has 31 heavy (non-hydrogen) atoms. The van der Waals surface area contributed by atoms with E-state index in [1.54, 1.807) is 4.57 Å². The van der Waals surface area contributed by atoms with Gasteiger partial charge in [0.1, 0.15) is 12.4 Å². The Morgan fingerprint density at radius 3 is 2.58 bits per heavy atom. The third-order valence-electron chi connectivity index (χ3n) is 6.29. The number of carbonyl (C=O) groups excluding carboxylic acids is 1. The van der Waals surface area contributed by atoms with E-state index < -0.39 is 0 Å². The minimum Gasteiger partial charge on any atom is -0.369 e. The van der Waals surface area contributed by atoms with Crippen molar-refractivity contribution in [1.29, 1.82) is 0 Å². The minimum absolute atomic E-state index is 0.0142. The largest absolute Gasteiger partial charge is 0.369 e. The lowest BCUT2D eigenvalue weighted by molar-refractivity contribution is -0.121. The van der Waals surface area contributed by atoms with Crippen molar-refractivity contribution in [2.24, 2.45) is 0 Å². The van der Waals surface area contributed by atoms with E-state index in [2.05, 4.69) is 50.5 Å². The lowest BCUT2D eigenvalue weighted by Gasteiger charge is -2.36. The fourth-order valence-corrected chi connectivity index (χ4v) is 4.48. The maximum absolute atomic E-state index is 12.4. The van der Waals surface area contributed by atoms with Gasteiger partial charge >= 0.3 is 5.69 Å². The van der Waals surface area contributed by atoms with E-state index in [0.29, 0.717) is 6.54 Å². The highest BCUT2D eigenvalue weighted by atomic mass is 16.2. The molecule has 4 rings (SSSR count). The molecule has 2 aromatic rings. The fraction of sp³-hybridized carbons (Fsp3) is 0.609. The third-order valence-corrected chi connectivity index (χ3v) is 6.29. The number of anilines is 1. The average molecular weight is 427 g/mol. The second kappa shape index (κ2) is 10.6. The lowest BCUT2D eigenvalue weighted by Crippen LogP contribution is -2.46. The molecule has 1 N–H and O–H groups in total. The zero-order chi connectivity index (χ0) is 21.5. The van der Waals surface area contributed by atoms with Gasteiger partial charge in [-0.05, 0) is 44.4 Å². The lowest BCUT2D eigenvalue weighted by atomic mass is 10.2. The first-order valence-corrected chi connectivity index (χ1v) is 11.7. The molecule has 0 saturated carbocycles. The van der Waals surface area contributed by atoms with Crippen LogP contribution in [0.3, 0.4) is 0 Å². The first-order chi connectivity index (χ1) is 15.2. The van der Waals surface area contributed by atoms with Gasteiger partial charge in [-0.15, -0.1) is 0 Å². The van der Waals surface area contributed by atoms with Crippen LogP contribution in [0.5, 0.6) is 0 Å². The summed E-state index contributed by atoms with van der Waals surface area (Å²) in [5.41, 5.74) is 1.15. The molecule has 1 fully saturated rings. The summed E-state index contributed by atoms with van der Waals surface area (Å²) in [5, 5.41) is 7.32. The number of fused-ring (bicyclic) bond motifs is 1. The number of rotatable bonds is 8. The van der Waals surface area contributed by atoms with Gasteiger partial charge in [-0.3, -0.25) is 14.3 Å². The molecule has 0 radical (unpaired) electrons. The number of unbranched alkanes of at least 4 members (excludes halogenated alkanes) is 1. The molecule has 0 spiro atoms. The van der Waals surface area contributed by atoms with E-state index in [4.69, 9.17) is 0 Å². The Morgan fingerprint density at radius 1 is 0.968 bits per heavy atom. The number of para-hydroxylation sites is 1. The molecular formula is C23H34N6O2. The van der Waals surface area contributed by atoms with Crippen LogP contribution in [0, 0.1) is 0 Å². The van der Waals surface area contributed by atoms with E-state index in [-0.39, 0.29) is 18.1 Å². The summed E-state index contributed by atoms with van der Waals surface area (Å²) < 4.78 is 3.06. The predicted octanol–water partition coefficient (Wildman–Crippen LogP) is 1.49. The molecule has 0 atom stereocenters. The number of aromatic nitrogens is 3. The van der Waals surface area contributed by atoms with Gasteiger partial charge < -0.3 is 10.2 Å². The molecule has 1 aromatic carbocycles. The number of hydrogen-bond donors (Lipinski definition) is 1. The second-order valence-electron chi connectivity index (χ2n) is 8.54. The fourth-order valence-electron chi connectivity index (χ4n) is 4.48. The third kappa shape index (κ3) is 5.76. The van der Waals surface area contributed by atoms with Gasteiger partial charge in [-0.1, -0.05) is 24.6 Å². The van der Waals surface area contributed by atoms with Crippen molar-refractivity contribution in [3.8, 4) is 0 Å². The highest BCUT2D eigenvalue weighted by Gasteiger charge is 2.18. The number of hydrogen-bond acceptors (Lipinski definition) is 5. The standard InChI is InChI=1S/C23H34N6O2/c30-22(19-29-23(31)28-14-7-2-5-11-21(28)25-29)24-12-6-8-13-26-15-17-27(18-16-26)20-9-3-1-4-10-20/h1,3-4,9-10H,2,5-8,11-19H2,(H,24,30). The van der Waals surface area contributed by atoms with Crippen molar-refractivity contribution in [2.75, 3.05) is 44.2 Å². The molecule has 2 aliphatic heterocycles. The summed E-state index contributed by atoms with van der Waals surface area (Å²) in [5.74, 6) is 0.689. The molecule has 1 aromatic heterocycles. The maximum Gasteiger partial charge on any atom is 0.346 e. The topological polar surface area (TPSA) is 75.4 Å². The van der Waals surface area contributed by atoms with Gasteiger partial charge in [0.15, 0.2) is 0 Å². The molecule has 168 valence electrons. The molecule has 8 heteroatoms. The molecule has 1 saturated heterocycles. The van der Waals surface area contributed by atoms with Crippen molar-refractivity contribution < 1.29 is 4.79 Å². The number of nitrogens with zero attached hydrogens (tertiary/aromatic N) is 5. The van der Waals surface area contributed by atoms with E-state index >= 15 is 0 Å². The van der Waals surface area contributed by atoms with Gasteiger partial charge in [0.2, 0.25) is 5.91 Å². The zero-order valence-electron chi connectivity index (χ0n) is 18.3. The summed E-state index contributed by atoms with van der Waals surface area (Å²) in [4.78, 5) is 29.6. The molecule has 0 bridgehead atoms. The number of amides is 1. The second-order valence-corrected chi connectivity index (χ2v) is 8.54. The average Bonchev–Trinajstić information content (AvgIpc) is 2.95. The first-order valence-electron chi connectivity index (χ1n) is 11.7. The minimum atomic E-state index is -0.151. The Bertz CT molecular complexity index is 899. The van der Waals surface area contributed by atoms with Crippen LogP contribution in [0.2, 0.25) is 0 Å². The van der Waals surface area contributed by atoms with Crippen LogP contribution in [0.4, 0.5) is 5.69 Å². The van der Waals surface area contributed by atoms with Crippen molar-refractivity contribution >= 4 is 11.6 Å². The Labute approximate surface area is 183 Å². The SMILES string of the molecule is O=C(Cn1nc2n(c1=O)CCCCC2)NCCCCN1CCN(c2ccccc2)CC1. The number of aryl methyl sites for hydroxylation is 1. The summed E-state index contributed by atoms with van der Waals surface area (Å²) in [6.45, 7) is 6.71. The maximum atomic E-state index is 12.4. The molecular weight excluding hydrogens is 392 g/mol. The Kier molecular flexibility index (Phi) is 7.40. The van der Waals surface area contributed by atoms with Gasteiger partial charge in [-0.25, -0.2) is 9.48 Å². The van der Waals surface area contributed by atoms with Crippen LogP contribution >= 0.6 is 0 Å². The molecule has 0 aliphatic carbocycles. The van der Waals surface area contributed by atoms with E-state index in [1.807, 2.05) is 0 Å². The summed E-state index contributed by atoms with van der Waals surface area (Å²) in [6.07, 6.45) is 6.02. The molecule has 0 unspecified atom stereocenters. The Balaban J connectivity index is 1.11. The van der Waals surface area contributed by atoms with Crippen LogP contribution in [-0.4, -0.2) is 64.4 Å². The van der Waals surface area contributed by atoms with Crippen LogP contribution in [0.15, 0.2) is 35.1 Å². The number of benzene rings is 1. The van der Waals surface area contributed by atoms with Crippen molar-refractivity contribution in [1.82, 2.24) is 24.6 Å². The molecule has 2 aliphatic rings. The van der Waals surface area contributed by atoms with Crippen molar-refractivity contribution in [2.45, 2.75) is 51.6 Å². The normalized spacial score (nSPS) is 17.2. The summed E-state index contributed by atoms with van der Waals surface area (Å²) in [6, 6.07) is 10.6. The Hall–Kier alpha value is -2.61. The van der Waals surface area contributed by atoms with Gasteiger partial charge in [0.25, 0.3) is 0 Å². The van der Waals surface area contributed by atoms with Crippen molar-refractivity contribution in [3.05, 3.63) is 46.6 Å². The smallest absolute Gasteiger partial charge is 0.346 e. The Morgan fingerprint density at radius 2 is 1.77 bits per heavy atom. The van der Waals surface area contributed by atoms with Crippen LogP contribution in [0.1, 0.15) is 37.9 Å². The highest BCUT2D eigenvalue weighted by Crippen LogP contribution is 2.15. The molecule has 3 heterocycles. The summed E-state index contributed by atoms with van der Waals surface area (Å²) >= 11 is 0. The van der Waals surface area contributed by atoms with E-state index in [0.717, 1.165) is 83.6 Å².